The number of nitrogens with zero attached hydrogens (tertiary/aromatic N) is 3. The molecule has 0 atom stereocenters. The summed E-state index contributed by atoms with van der Waals surface area (Å²) in [6, 6.07) is 8.82. The Morgan fingerprint density at radius 1 is 1.26 bits per heavy atom. The highest BCUT2D eigenvalue weighted by Gasteiger charge is 2.12. The van der Waals surface area contributed by atoms with Gasteiger partial charge in [-0.2, -0.15) is 9.78 Å². The van der Waals surface area contributed by atoms with Crippen LogP contribution in [0.5, 0.6) is 11.5 Å². The highest BCUT2D eigenvalue weighted by Crippen LogP contribution is 2.35. The highest BCUT2D eigenvalue weighted by atomic mass is 79.9. The number of methoxy groups -OCH3 is 2. The Morgan fingerprint density at radius 3 is 2.70 bits per heavy atom. The fourth-order valence-electron chi connectivity index (χ4n) is 2.68. The smallest absolute Gasteiger partial charge is 0.282 e. The summed E-state index contributed by atoms with van der Waals surface area (Å²) in [6.45, 7) is 1.92. The first-order chi connectivity index (χ1) is 13.0. The van der Waals surface area contributed by atoms with Gasteiger partial charge in [0, 0.05) is 10.9 Å². The number of ether oxygens (including phenoxy) is 2. The third kappa shape index (κ3) is 3.84. The van der Waals surface area contributed by atoms with Crippen LogP contribution in [0, 0.1) is 0 Å². The average Bonchev–Trinajstić information content (AvgIpc) is 2.66. The van der Waals surface area contributed by atoms with Crippen LogP contribution in [0.15, 0.2) is 44.7 Å². The fraction of sp³-hybridized carbons (Fsp3) is 0.211. The van der Waals surface area contributed by atoms with E-state index in [4.69, 9.17) is 21.1 Å². The van der Waals surface area contributed by atoms with Gasteiger partial charge in [0.15, 0.2) is 11.5 Å². The molecule has 8 heteroatoms. The molecular weight excluding hydrogens is 434 g/mol. The van der Waals surface area contributed by atoms with Crippen LogP contribution in [0.4, 0.5) is 0 Å². The number of aromatic nitrogens is 2. The first kappa shape index (κ1) is 19.4. The monoisotopic (exact) mass is 449 g/mol. The van der Waals surface area contributed by atoms with Gasteiger partial charge in [0.05, 0.1) is 36.4 Å². The van der Waals surface area contributed by atoms with Gasteiger partial charge in [0.25, 0.3) is 5.56 Å². The molecule has 0 amide bonds. The number of halogens is 2. The van der Waals surface area contributed by atoms with Gasteiger partial charge < -0.3 is 9.47 Å². The Labute approximate surface area is 169 Å². The lowest BCUT2D eigenvalue weighted by Gasteiger charge is -2.10. The molecule has 0 fully saturated rings. The van der Waals surface area contributed by atoms with Gasteiger partial charge in [-0.1, -0.05) is 34.5 Å². The van der Waals surface area contributed by atoms with Crippen molar-refractivity contribution in [2.45, 2.75) is 13.3 Å². The molecule has 27 heavy (non-hydrogen) atoms. The van der Waals surface area contributed by atoms with Gasteiger partial charge in [-0.25, -0.2) is 4.98 Å². The Bertz CT molecular complexity index is 1100. The van der Waals surface area contributed by atoms with Crippen LogP contribution in [0.25, 0.3) is 10.9 Å². The van der Waals surface area contributed by atoms with Crippen molar-refractivity contribution in [3.05, 3.63) is 61.6 Å². The summed E-state index contributed by atoms with van der Waals surface area (Å²) < 4.78 is 12.6. The molecule has 0 N–H and O–H groups in total. The molecule has 0 aliphatic heterocycles. The number of rotatable bonds is 5. The maximum atomic E-state index is 12.9. The van der Waals surface area contributed by atoms with Crippen LogP contribution >= 0.6 is 27.5 Å². The molecule has 0 bridgehead atoms. The normalized spacial score (nSPS) is 11.3. The Balaban J connectivity index is 2.12. The molecule has 0 unspecified atom stereocenters. The topological polar surface area (TPSA) is 65.7 Å². The fourth-order valence-corrected chi connectivity index (χ4v) is 3.34. The standard InChI is InChI=1S/C19H17BrClN3O3/c1-4-17-23-15-6-5-12(20)9-13(15)19(25)24(17)22-10-11-7-14(21)18(27-3)16(8-11)26-2/h5-10H,4H2,1-3H3. The van der Waals surface area contributed by atoms with E-state index in [9.17, 15) is 4.79 Å². The van der Waals surface area contributed by atoms with E-state index in [0.29, 0.717) is 45.2 Å². The maximum Gasteiger partial charge on any atom is 0.282 e. The zero-order valence-corrected chi connectivity index (χ0v) is 17.3. The highest BCUT2D eigenvalue weighted by molar-refractivity contribution is 9.10. The van der Waals surface area contributed by atoms with E-state index >= 15 is 0 Å². The number of fused-ring (bicyclic) bond motifs is 1. The molecule has 3 rings (SSSR count). The number of aryl methyl sites for hydroxylation is 1. The van der Waals surface area contributed by atoms with E-state index in [1.807, 2.05) is 19.1 Å². The van der Waals surface area contributed by atoms with Crippen molar-refractivity contribution in [3.8, 4) is 11.5 Å². The van der Waals surface area contributed by atoms with E-state index in [2.05, 4.69) is 26.0 Å². The molecule has 0 aliphatic carbocycles. The molecule has 1 aromatic heterocycles. The number of hydrogen-bond donors (Lipinski definition) is 0. The molecule has 0 radical (unpaired) electrons. The summed E-state index contributed by atoms with van der Waals surface area (Å²) in [4.78, 5) is 17.4. The van der Waals surface area contributed by atoms with Crippen molar-refractivity contribution in [1.82, 2.24) is 9.66 Å². The summed E-state index contributed by atoms with van der Waals surface area (Å²) in [5, 5.41) is 5.23. The lowest BCUT2D eigenvalue weighted by Crippen LogP contribution is -2.22. The second-order valence-corrected chi connectivity index (χ2v) is 6.97. The van der Waals surface area contributed by atoms with Crippen molar-refractivity contribution in [1.29, 1.82) is 0 Å². The van der Waals surface area contributed by atoms with Crippen LogP contribution < -0.4 is 15.0 Å². The lowest BCUT2D eigenvalue weighted by molar-refractivity contribution is 0.355. The van der Waals surface area contributed by atoms with Crippen LogP contribution in [0.1, 0.15) is 18.3 Å². The van der Waals surface area contributed by atoms with E-state index in [1.54, 1.807) is 24.4 Å². The van der Waals surface area contributed by atoms with E-state index in [1.165, 1.54) is 18.9 Å². The van der Waals surface area contributed by atoms with Gasteiger partial charge in [-0.05, 0) is 35.9 Å². The third-order valence-corrected chi connectivity index (χ3v) is 4.74. The molecule has 0 aliphatic rings. The van der Waals surface area contributed by atoms with E-state index < -0.39 is 0 Å². The SMILES string of the molecule is CCc1nc2ccc(Br)cc2c(=O)n1N=Cc1cc(Cl)c(OC)c(OC)c1. The summed E-state index contributed by atoms with van der Waals surface area (Å²) in [5.41, 5.74) is 1.07. The van der Waals surface area contributed by atoms with Gasteiger partial charge >= 0.3 is 0 Å². The van der Waals surface area contributed by atoms with Crippen molar-refractivity contribution >= 4 is 44.6 Å². The van der Waals surface area contributed by atoms with Crippen molar-refractivity contribution in [2.75, 3.05) is 14.2 Å². The second-order valence-electron chi connectivity index (χ2n) is 5.64. The molecule has 0 saturated heterocycles. The largest absolute Gasteiger partial charge is 0.493 e. The molecule has 0 saturated carbocycles. The Hall–Kier alpha value is -2.38. The van der Waals surface area contributed by atoms with Gasteiger partial charge in [-0.3, -0.25) is 4.79 Å². The molecule has 3 aromatic rings. The predicted octanol–water partition coefficient (Wildman–Crippen LogP) is 4.27. The first-order valence-electron chi connectivity index (χ1n) is 8.15. The zero-order valence-electron chi connectivity index (χ0n) is 15.0. The molecule has 2 aromatic carbocycles. The predicted molar refractivity (Wildman–Crippen MR) is 111 cm³/mol. The van der Waals surface area contributed by atoms with Gasteiger partial charge in [-0.15, -0.1) is 0 Å². The quantitative estimate of drug-likeness (QED) is 0.544. The minimum atomic E-state index is -0.235. The van der Waals surface area contributed by atoms with Crippen LogP contribution in [-0.2, 0) is 6.42 Å². The molecule has 6 nitrogen and oxygen atoms in total. The third-order valence-electron chi connectivity index (χ3n) is 3.97. The van der Waals surface area contributed by atoms with Crippen LogP contribution in [0.3, 0.4) is 0 Å². The minimum Gasteiger partial charge on any atom is -0.493 e. The number of hydrogen-bond acceptors (Lipinski definition) is 5. The van der Waals surface area contributed by atoms with Crippen LogP contribution in [0.2, 0.25) is 5.02 Å². The van der Waals surface area contributed by atoms with E-state index in [0.717, 1.165) is 4.47 Å². The minimum absolute atomic E-state index is 0.235. The molecule has 0 spiro atoms. The van der Waals surface area contributed by atoms with Crippen LogP contribution in [-0.4, -0.2) is 30.1 Å². The number of benzene rings is 2. The Kier molecular flexibility index (Phi) is 5.82. The molecular formula is C19H17BrClN3O3. The Morgan fingerprint density at radius 2 is 2.04 bits per heavy atom. The maximum absolute atomic E-state index is 12.9. The zero-order chi connectivity index (χ0) is 19.6. The van der Waals surface area contributed by atoms with Gasteiger partial charge in [0.1, 0.15) is 5.82 Å². The first-order valence-corrected chi connectivity index (χ1v) is 9.32. The summed E-state index contributed by atoms with van der Waals surface area (Å²) in [5.74, 6) is 1.49. The summed E-state index contributed by atoms with van der Waals surface area (Å²) in [7, 11) is 3.05. The summed E-state index contributed by atoms with van der Waals surface area (Å²) >= 11 is 9.61. The summed E-state index contributed by atoms with van der Waals surface area (Å²) in [6.07, 6.45) is 2.10. The van der Waals surface area contributed by atoms with Crippen molar-refractivity contribution in [3.63, 3.8) is 0 Å². The van der Waals surface area contributed by atoms with Crippen molar-refractivity contribution < 1.29 is 9.47 Å². The average molecular weight is 451 g/mol. The van der Waals surface area contributed by atoms with E-state index in [-0.39, 0.29) is 5.56 Å². The second kappa shape index (κ2) is 8.10. The van der Waals surface area contributed by atoms with Gasteiger partial charge in [0.2, 0.25) is 0 Å². The van der Waals surface area contributed by atoms with Crippen molar-refractivity contribution in [2.24, 2.45) is 5.10 Å². The molecule has 140 valence electrons. The lowest BCUT2D eigenvalue weighted by atomic mass is 10.2. The molecule has 1 heterocycles.